The number of aryl methyl sites for hydroxylation is 1. The van der Waals surface area contributed by atoms with Gasteiger partial charge in [0.2, 0.25) is 10.0 Å². The molecule has 1 aromatic carbocycles. The van der Waals surface area contributed by atoms with Crippen molar-refractivity contribution in [1.29, 1.82) is 5.26 Å². The first-order valence-corrected chi connectivity index (χ1v) is 6.43. The van der Waals surface area contributed by atoms with Crippen LogP contribution in [-0.4, -0.2) is 26.3 Å². The zero-order chi connectivity index (χ0) is 13.1. The Morgan fingerprint density at radius 1 is 1.41 bits per heavy atom. The van der Waals surface area contributed by atoms with Crippen molar-refractivity contribution < 1.29 is 8.42 Å². The number of hydrogen-bond acceptors (Lipinski definition) is 3. The van der Waals surface area contributed by atoms with E-state index in [1.54, 1.807) is 24.3 Å². The van der Waals surface area contributed by atoms with Crippen molar-refractivity contribution in [2.45, 2.75) is 11.8 Å². The van der Waals surface area contributed by atoms with Gasteiger partial charge >= 0.3 is 0 Å². The Kier molecular flexibility index (Phi) is 4.05. The zero-order valence-electron chi connectivity index (χ0n) is 9.84. The molecule has 90 valence electrons. The maximum Gasteiger partial charge on any atom is 0.243 e. The quantitative estimate of drug-likeness (QED) is 0.764. The summed E-state index contributed by atoms with van der Waals surface area (Å²) in [5, 5.41) is 8.59. The Morgan fingerprint density at radius 3 is 2.41 bits per heavy atom. The summed E-state index contributed by atoms with van der Waals surface area (Å²) >= 11 is 0. The fourth-order valence-corrected chi connectivity index (χ4v) is 2.45. The van der Waals surface area contributed by atoms with Crippen LogP contribution in [0.3, 0.4) is 0 Å². The molecule has 0 saturated heterocycles. The lowest BCUT2D eigenvalue weighted by atomic mass is 10.2. The van der Waals surface area contributed by atoms with E-state index in [9.17, 15) is 8.42 Å². The Balaban J connectivity index is 3.00. The Hall–Kier alpha value is -1.64. The van der Waals surface area contributed by atoms with Crippen LogP contribution in [0.5, 0.6) is 0 Å². The molecular weight excluding hydrogens is 236 g/mol. The van der Waals surface area contributed by atoms with E-state index in [2.05, 4.69) is 6.58 Å². The van der Waals surface area contributed by atoms with Gasteiger partial charge in [-0.15, -0.1) is 0 Å². The minimum absolute atomic E-state index is 0.00666. The minimum Gasteiger partial charge on any atom is -0.207 e. The predicted molar refractivity (Wildman–Crippen MR) is 65.7 cm³/mol. The van der Waals surface area contributed by atoms with Crippen molar-refractivity contribution in [3.05, 3.63) is 42.0 Å². The molecule has 0 N–H and O–H groups in total. The Morgan fingerprint density at radius 2 is 1.94 bits per heavy atom. The number of likely N-dealkylation sites (N-methyl/N-ethyl adjacent to an activating group) is 1. The van der Waals surface area contributed by atoms with Gasteiger partial charge in [0, 0.05) is 19.2 Å². The number of hydrogen-bond donors (Lipinski definition) is 0. The molecule has 0 spiro atoms. The number of nitriles is 1. The third-order valence-electron chi connectivity index (χ3n) is 2.30. The zero-order valence-corrected chi connectivity index (χ0v) is 10.7. The van der Waals surface area contributed by atoms with E-state index in [1.807, 2.05) is 13.0 Å². The highest BCUT2D eigenvalue weighted by atomic mass is 32.2. The van der Waals surface area contributed by atoms with E-state index in [4.69, 9.17) is 5.26 Å². The third-order valence-corrected chi connectivity index (χ3v) is 4.12. The molecule has 4 nitrogen and oxygen atoms in total. The fraction of sp³-hybridized carbons (Fsp3) is 0.250. The lowest BCUT2D eigenvalue weighted by Gasteiger charge is -2.16. The highest BCUT2D eigenvalue weighted by molar-refractivity contribution is 7.89. The van der Waals surface area contributed by atoms with E-state index >= 15 is 0 Å². The molecule has 0 bridgehead atoms. The molecule has 1 aromatic rings. The van der Waals surface area contributed by atoms with Crippen LogP contribution in [0, 0.1) is 18.3 Å². The van der Waals surface area contributed by atoms with Crippen molar-refractivity contribution >= 4 is 10.0 Å². The van der Waals surface area contributed by atoms with Gasteiger partial charge < -0.3 is 0 Å². The van der Waals surface area contributed by atoms with Crippen LogP contribution in [0.4, 0.5) is 0 Å². The first kappa shape index (κ1) is 13.4. The molecule has 0 heterocycles. The maximum atomic E-state index is 12.1. The summed E-state index contributed by atoms with van der Waals surface area (Å²) in [6.07, 6.45) is 0. The van der Waals surface area contributed by atoms with Gasteiger partial charge in [0.25, 0.3) is 0 Å². The maximum absolute atomic E-state index is 12.1. The summed E-state index contributed by atoms with van der Waals surface area (Å²) in [7, 11) is -2.11. The highest BCUT2D eigenvalue weighted by Crippen LogP contribution is 2.15. The van der Waals surface area contributed by atoms with Crippen molar-refractivity contribution in [2.24, 2.45) is 0 Å². The first-order valence-electron chi connectivity index (χ1n) is 4.99. The summed E-state index contributed by atoms with van der Waals surface area (Å²) in [4.78, 5) is 0.219. The van der Waals surface area contributed by atoms with Gasteiger partial charge in [0.15, 0.2) is 0 Å². The molecule has 0 aliphatic carbocycles. The predicted octanol–water partition coefficient (Wildman–Crippen LogP) is 1.70. The van der Waals surface area contributed by atoms with Crippen LogP contribution in [0.1, 0.15) is 5.56 Å². The van der Waals surface area contributed by atoms with Crippen LogP contribution in [0.2, 0.25) is 0 Å². The standard InChI is InChI=1S/C12H14N2O2S/c1-10-4-6-12(7-5-10)17(15,16)14(3)9-11(2)8-13/h4-7H,2,9H2,1,3H3. The summed E-state index contributed by atoms with van der Waals surface area (Å²) in [6, 6.07) is 8.40. The molecule has 0 aromatic heterocycles. The van der Waals surface area contributed by atoms with Crippen LogP contribution in [0.25, 0.3) is 0 Å². The van der Waals surface area contributed by atoms with Crippen LogP contribution in [-0.2, 0) is 10.0 Å². The van der Waals surface area contributed by atoms with E-state index in [0.29, 0.717) is 0 Å². The molecule has 0 aliphatic heterocycles. The number of nitrogens with zero attached hydrogens (tertiary/aromatic N) is 2. The molecule has 17 heavy (non-hydrogen) atoms. The normalized spacial score (nSPS) is 11.2. The summed E-state index contributed by atoms with van der Waals surface area (Å²) in [5.41, 5.74) is 1.20. The summed E-state index contributed by atoms with van der Waals surface area (Å²) in [5.74, 6) is 0. The molecule has 0 unspecified atom stereocenters. The highest BCUT2D eigenvalue weighted by Gasteiger charge is 2.20. The van der Waals surface area contributed by atoms with Gasteiger partial charge in [-0.3, -0.25) is 0 Å². The van der Waals surface area contributed by atoms with E-state index < -0.39 is 10.0 Å². The molecule has 5 heteroatoms. The first-order chi connectivity index (χ1) is 7.87. The average molecular weight is 250 g/mol. The van der Waals surface area contributed by atoms with E-state index in [1.165, 1.54) is 7.05 Å². The van der Waals surface area contributed by atoms with Crippen LogP contribution in [0.15, 0.2) is 41.3 Å². The van der Waals surface area contributed by atoms with Gasteiger partial charge in [-0.05, 0) is 19.1 Å². The lowest BCUT2D eigenvalue weighted by Crippen LogP contribution is -2.28. The molecule has 0 radical (unpaired) electrons. The second-order valence-electron chi connectivity index (χ2n) is 3.79. The Labute approximate surface area is 102 Å². The monoisotopic (exact) mass is 250 g/mol. The Bertz CT molecular complexity index is 553. The van der Waals surface area contributed by atoms with Crippen molar-refractivity contribution in [3.8, 4) is 6.07 Å². The van der Waals surface area contributed by atoms with Gasteiger partial charge in [0.1, 0.15) is 0 Å². The summed E-state index contributed by atoms with van der Waals surface area (Å²) in [6.45, 7) is 5.36. The second-order valence-corrected chi connectivity index (χ2v) is 5.83. The largest absolute Gasteiger partial charge is 0.243 e. The fourth-order valence-electron chi connectivity index (χ4n) is 1.28. The number of rotatable bonds is 4. The number of sulfonamides is 1. The lowest BCUT2D eigenvalue weighted by molar-refractivity contribution is 0.495. The SMILES string of the molecule is C=C(C#N)CN(C)S(=O)(=O)c1ccc(C)cc1. The van der Waals surface area contributed by atoms with Gasteiger partial charge in [-0.1, -0.05) is 24.3 Å². The van der Waals surface area contributed by atoms with E-state index in [0.717, 1.165) is 9.87 Å². The van der Waals surface area contributed by atoms with Gasteiger partial charge in [0.05, 0.1) is 11.0 Å². The summed E-state index contributed by atoms with van der Waals surface area (Å²) < 4.78 is 25.3. The van der Waals surface area contributed by atoms with Crippen molar-refractivity contribution in [3.63, 3.8) is 0 Å². The second kappa shape index (κ2) is 5.13. The van der Waals surface area contributed by atoms with Crippen molar-refractivity contribution in [1.82, 2.24) is 4.31 Å². The van der Waals surface area contributed by atoms with E-state index in [-0.39, 0.29) is 17.0 Å². The average Bonchev–Trinajstić information content (AvgIpc) is 2.29. The molecule has 0 saturated carbocycles. The smallest absolute Gasteiger partial charge is 0.207 e. The molecule has 0 aliphatic rings. The molecule has 1 rings (SSSR count). The number of benzene rings is 1. The van der Waals surface area contributed by atoms with Crippen LogP contribution < -0.4 is 0 Å². The molecular formula is C12H14N2O2S. The third kappa shape index (κ3) is 3.16. The van der Waals surface area contributed by atoms with Crippen LogP contribution >= 0.6 is 0 Å². The van der Waals surface area contributed by atoms with Gasteiger partial charge in [-0.25, -0.2) is 8.42 Å². The van der Waals surface area contributed by atoms with Crippen molar-refractivity contribution in [2.75, 3.05) is 13.6 Å². The molecule has 0 atom stereocenters. The topological polar surface area (TPSA) is 61.2 Å². The molecule has 0 amide bonds. The van der Waals surface area contributed by atoms with Gasteiger partial charge in [-0.2, -0.15) is 9.57 Å². The molecule has 0 fully saturated rings. The minimum atomic E-state index is -3.54.